The number of nitrogens with zero attached hydrogens (tertiary/aromatic N) is 1. The van der Waals surface area contributed by atoms with Crippen LogP contribution in [0.25, 0.3) is 0 Å². The van der Waals surface area contributed by atoms with E-state index in [1.807, 2.05) is 13.8 Å². The van der Waals surface area contributed by atoms with Gasteiger partial charge in [0.15, 0.2) is 0 Å². The summed E-state index contributed by atoms with van der Waals surface area (Å²) < 4.78 is 5.56. The average molecular weight is 241 g/mol. The number of likely N-dealkylation sites (N-methyl/N-ethyl adjacent to an activating group) is 1. The van der Waals surface area contributed by atoms with Crippen LogP contribution in [0.4, 0.5) is 0 Å². The summed E-state index contributed by atoms with van der Waals surface area (Å²) in [4.78, 5) is 13.9. The molecule has 2 bridgehead atoms. The molecular weight excluding hydrogens is 218 g/mol. The first-order valence-electron chi connectivity index (χ1n) is 6.57. The van der Waals surface area contributed by atoms with Crippen molar-refractivity contribution in [2.75, 3.05) is 7.05 Å². The second-order valence-electron chi connectivity index (χ2n) is 5.87. The Morgan fingerprint density at radius 1 is 1.41 bits per heavy atom. The molecule has 0 aromatic heterocycles. The quantitative estimate of drug-likeness (QED) is 0.754. The van der Waals surface area contributed by atoms with Gasteiger partial charge in [-0.2, -0.15) is 0 Å². The van der Waals surface area contributed by atoms with E-state index < -0.39 is 0 Å². The molecule has 0 aromatic carbocycles. The third-order valence-corrected chi connectivity index (χ3v) is 3.95. The highest BCUT2D eigenvalue weighted by Crippen LogP contribution is 2.36. The Morgan fingerprint density at radius 2 is 2.12 bits per heavy atom. The molecule has 98 valence electrons. The van der Waals surface area contributed by atoms with Crippen LogP contribution in [0.2, 0.25) is 0 Å². The molecule has 2 aliphatic heterocycles. The van der Waals surface area contributed by atoms with E-state index in [0.717, 1.165) is 19.3 Å². The molecule has 0 unspecified atom stereocenters. The number of aliphatic hydroxyl groups excluding tert-OH is 1. The number of carbonyl (C=O) groups is 1. The third-order valence-electron chi connectivity index (χ3n) is 3.95. The molecule has 0 amide bonds. The molecule has 17 heavy (non-hydrogen) atoms. The summed E-state index contributed by atoms with van der Waals surface area (Å²) in [5, 5.41) is 9.74. The van der Waals surface area contributed by atoms with Crippen molar-refractivity contribution in [3.63, 3.8) is 0 Å². The Labute approximate surface area is 103 Å². The molecule has 2 saturated heterocycles. The maximum atomic E-state index is 11.7. The van der Waals surface area contributed by atoms with Crippen molar-refractivity contribution in [3.05, 3.63) is 0 Å². The van der Waals surface area contributed by atoms with Gasteiger partial charge in [0.1, 0.15) is 6.10 Å². The fourth-order valence-electron chi connectivity index (χ4n) is 3.07. The number of carbonyl (C=O) groups excluding carboxylic acids is 1. The minimum atomic E-state index is -0.227. The summed E-state index contributed by atoms with van der Waals surface area (Å²) in [5.74, 6) is 0.243. The summed E-state index contributed by atoms with van der Waals surface area (Å²) in [7, 11) is 2.07. The lowest BCUT2D eigenvalue weighted by Crippen LogP contribution is -2.44. The lowest BCUT2D eigenvalue weighted by atomic mass is 10.0. The number of ether oxygens (including phenoxy) is 1. The van der Waals surface area contributed by atoms with Crippen molar-refractivity contribution in [1.29, 1.82) is 0 Å². The van der Waals surface area contributed by atoms with Crippen LogP contribution in [0.5, 0.6) is 0 Å². The summed E-state index contributed by atoms with van der Waals surface area (Å²) in [6.45, 7) is 4.04. The lowest BCUT2D eigenvalue weighted by Gasteiger charge is -2.34. The topological polar surface area (TPSA) is 49.8 Å². The monoisotopic (exact) mass is 241 g/mol. The van der Waals surface area contributed by atoms with Crippen molar-refractivity contribution < 1.29 is 14.6 Å². The van der Waals surface area contributed by atoms with Crippen molar-refractivity contribution in [1.82, 2.24) is 4.90 Å². The number of piperidine rings is 1. The van der Waals surface area contributed by atoms with E-state index in [1.54, 1.807) is 0 Å². The highest BCUT2D eigenvalue weighted by Gasteiger charge is 2.46. The van der Waals surface area contributed by atoms with E-state index in [9.17, 15) is 9.90 Å². The molecule has 4 heteroatoms. The molecule has 4 nitrogen and oxygen atoms in total. The average Bonchev–Trinajstić information content (AvgIpc) is 2.40. The number of hydrogen-bond donors (Lipinski definition) is 1. The third kappa shape index (κ3) is 2.80. The molecule has 0 aromatic rings. The van der Waals surface area contributed by atoms with E-state index in [1.165, 1.54) is 0 Å². The van der Waals surface area contributed by atoms with Gasteiger partial charge in [-0.25, -0.2) is 0 Å². The highest BCUT2D eigenvalue weighted by atomic mass is 16.5. The predicted molar refractivity (Wildman–Crippen MR) is 64.5 cm³/mol. The number of aliphatic hydroxyl groups is 1. The van der Waals surface area contributed by atoms with Gasteiger partial charge in [-0.05, 0) is 25.8 Å². The SMILES string of the molecule is CC(C)CC(=O)O[C@H]1C[C@H]2C[C@@H](O)C[C@@H]1N2C. The fourth-order valence-corrected chi connectivity index (χ4v) is 3.07. The lowest BCUT2D eigenvalue weighted by molar-refractivity contribution is -0.151. The largest absolute Gasteiger partial charge is 0.461 e. The van der Waals surface area contributed by atoms with Crippen molar-refractivity contribution >= 4 is 5.97 Å². The first-order chi connectivity index (χ1) is 7.97. The Kier molecular flexibility index (Phi) is 3.73. The molecular formula is C13H23NO3. The van der Waals surface area contributed by atoms with E-state index in [-0.39, 0.29) is 24.2 Å². The van der Waals surface area contributed by atoms with Gasteiger partial charge in [0, 0.05) is 24.9 Å². The summed E-state index contributed by atoms with van der Waals surface area (Å²) >= 11 is 0. The fraction of sp³-hybridized carbons (Fsp3) is 0.923. The van der Waals surface area contributed by atoms with Gasteiger partial charge in [0.05, 0.1) is 6.10 Å². The molecule has 0 saturated carbocycles. The molecule has 2 aliphatic rings. The first-order valence-corrected chi connectivity index (χ1v) is 6.57. The maximum Gasteiger partial charge on any atom is 0.306 e. The van der Waals surface area contributed by atoms with Gasteiger partial charge >= 0.3 is 5.97 Å². The first kappa shape index (κ1) is 12.8. The Hall–Kier alpha value is -0.610. The van der Waals surface area contributed by atoms with E-state index >= 15 is 0 Å². The van der Waals surface area contributed by atoms with E-state index in [0.29, 0.717) is 18.4 Å². The highest BCUT2D eigenvalue weighted by molar-refractivity contribution is 5.69. The van der Waals surface area contributed by atoms with Gasteiger partial charge in [0.25, 0.3) is 0 Å². The second kappa shape index (κ2) is 4.94. The summed E-state index contributed by atoms with van der Waals surface area (Å²) in [6, 6.07) is 0.584. The van der Waals surface area contributed by atoms with Crippen LogP contribution >= 0.6 is 0 Å². The van der Waals surface area contributed by atoms with E-state index in [2.05, 4.69) is 11.9 Å². The van der Waals surface area contributed by atoms with Crippen LogP contribution in [-0.4, -0.2) is 47.3 Å². The Bertz CT molecular complexity index is 292. The summed E-state index contributed by atoms with van der Waals surface area (Å²) in [5.41, 5.74) is 0. The normalized spacial score (nSPS) is 37.5. The molecule has 0 spiro atoms. The van der Waals surface area contributed by atoms with Crippen molar-refractivity contribution in [3.8, 4) is 0 Å². The zero-order chi connectivity index (χ0) is 12.6. The molecule has 4 atom stereocenters. The standard InChI is InChI=1S/C13H23NO3/c1-8(2)4-13(16)17-12-6-9-5-10(15)7-11(12)14(9)3/h8-12,15H,4-7H2,1-3H3/t9-,10-,11+,12+/m1/s1. The number of esters is 1. The predicted octanol–water partition coefficient (Wildman–Crippen LogP) is 1.17. The van der Waals surface area contributed by atoms with Crippen LogP contribution in [0, 0.1) is 5.92 Å². The Morgan fingerprint density at radius 3 is 2.76 bits per heavy atom. The number of hydrogen-bond acceptors (Lipinski definition) is 4. The molecule has 0 aliphatic carbocycles. The molecule has 0 radical (unpaired) electrons. The van der Waals surface area contributed by atoms with Gasteiger partial charge in [-0.15, -0.1) is 0 Å². The smallest absolute Gasteiger partial charge is 0.306 e. The number of rotatable bonds is 3. The molecule has 2 fully saturated rings. The minimum absolute atomic E-state index is 0.0200. The van der Waals surface area contributed by atoms with Gasteiger partial charge < -0.3 is 9.84 Å². The zero-order valence-corrected chi connectivity index (χ0v) is 10.9. The Balaban J connectivity index is 1.92. The van der Waals surface area contributed by atoms with E-state index in [4.69, 9.17) is 4.74 Å². The zero-order valence-electron chi connectivity index (χ0n) is 10.9. The van der Waals surface area contributed by atoms with Crippen LogP contribution < -0.4 is 0 Å². The molecule has 2 rings (SSSR count). The van der Waals surface area contributed by atoms with Crippen LogP contribution in [0.1, 0.15) is 39.5 Å². The minimum Gasteiger partial charge on any atom is -0.461 e. The van der Waals surface area contributed by atoms with Crippen LogP contribution in [0.15, 0.2) is 0 Å². The van der Waals surface area contributed by atoms with Gasteiger partial charge in [0.2, 0.25) is 0 Å². The number of fused-ring (bicyclic) bond motifs is 2. The molecule has 2 heterocycles. The second-order valence-corrected chi connectivity index (χ2v) is 5.87. The van der Waals surface area contributed by atoms with Crippen molar-refractivity contribution in [2.24, 2.45) is 5.92 Å². The van der Waals surface area contributed by atoms with Crippen LogP contribution in [0.3, 0.4) is 0 Å². The van der Waals surface area contributed by atoms with Gasteiger partial charge in [-0.3, -0.25) is 9.69 Å². The summed E-state index contributed by atoms with van der Waals surface area (Å²) in [6.07, 6.45) is 2.66. The van der Waals surface area contributed by atoms with Gasteiger partial charge in [-0.1, -0.05) is 13.8 Å². The molecule has 1 N–H and O–H groups in total. The van der Waals surface area contributed by atoms with Crippen molar-refractivity contribution in [2.45, 2.75) is 63.8 Å². The maximum absolute atomic E-state index is 11.7. The van der Waals surface area contributed by atoms with Crippen LogP contribution in [-0.2, 0) is 9.53 Å².